The third kappa shape index (κ3) is 3.32. The Labute approximate surface area is 148 Å². The summed E-state index contributed by atoms with van der Waals surface area (Å²) in [5.41, 5.74) is 6.87. The van der Waals surface area contributed by atoms with E-state index >= 15 is 0 Å². The molecule has 3 aromatic rings. The lowest BCUT2D eigenvalue weighted by molar-refractivity contribution is -0.123. The first-order chi connectivity index (χ1) is 12.2. The van der Waals surface area contributed by atoms with Gasteiger partial charge in [-0.3, -0.25) is 20.4 Å². The van der Waals surface area contributed by atoms with E-state index in [4.69, 9.17) is 0 Å². The first-order valence-corrected chi connectivity index (χ1v) is 8.89. The van der Waals surface area contributed by atoms with Crippen molar-refractivity contribution < 1.29 is 9.59 Å². The average molecular weight is 352 g/mol. The summed E-state index contributed by atoms with van der Waals surface area (Å²) in [6.07, 6.45) is 3.45. The van der Waals surface area contributed by atoms with E-state index in [1.54, 1.807) is 10.9 Å². The standard InChI is InChI=1S/C18H16N4O2S/c23-17(12-8-9-12)19-20-18(24)14-11-22(13-5-2-1-3-6-13)21-16(14)15-7-4-10-25-15/h1-7,10-12H,8-9H2,(H,19,23)(H,20,24). The SMILES string of the molecule is O=C(NNC(=O)C1CC1)c1cn(-c2ccccc2)nc1-c1cccs1. The number of carbonyl (C=O) groups is 2. The quantitative estimate of drug-likeness (QED) is 0.709. The Balaban J connectivity index is 1.63. The smallest absolute Gasteiger partial charge is 0.273 e. The van der Waals surface area contributed by atoms with Gasteiger partial charge in [0, 0.05) is 12.1 Å². The van der Waals surface area contributed by atoms with Crippen LogP contribution in [0.15, 0.2) is 54.0 Å². The fourth-order valence-corrected chi connectivity index (χ4v) is 3.20. The maximum Gasteiger partial charge on any atom is 0.273 e. The van der Waals surface area contributed by atoms with Gasteiger partial charge in [-0.05, 0) is 36.4 Å². The van der Waals surface area contributed by atoms with Gasteiger partial charge in [0.15, 0.2) is 0 Å². The number of para-hydroxylation sites is 1. The van der Waals surface area contributed by atoms with E-state index in [-0.39, 0.29) is 17.7 Å². The Morgan fingerprint density at radius 2 is 1.88 bits per heavy atom. The first-order valence-electron chi connectivity index (χ1n) is 8.01. The van der Waals surface area contributed by atoms with Gasteiger partial charge in [0.2, 0.25) is 5.91 Å². The molecule has 6 nitrogen and oxygen atoms in total. The maximum atomic E-state index is 12.6. The van der Waals surface area contributed by atoms with Crippen molar-refractivity contribution in [3.63, 3.8) is 0 Å². The summed E-state index contributed by atoms with van der Waals surface area (Å²) in [5.74, 6) is -0.481. The number of amides is 2. The Kier molecular flexibility index (Phi) is 4.07. The molecule has 0 radical (unpaired) electrons. The largest absolute Gasteiger partial charge is 0.273 e. The Morgan fingerprint density at radius 3 is 2.56 bits per heavy atom. The zero-order chi connectivity index (χ0) is 17.2. The maximum absolute atomic E-state index is 12.6. The van der Waals surface area contributed by atoms with Crippen LogP contribution in [0.25, 0.3) is 16.3 Å². The molecular formula is C18H16N4O2S. The van der Waals surface area contributed by atoms with Crippen molar-refractivity contribution in [2.75, 3.05) is 0 Å². The molecule has 2 heterocycles. The summed E-state index contributed by atoms with van der Waals surface area (Å²) in [6, 6.07) is 13.4. The van der Waals surface area contributed by atoms with Crippen LogP contribution in [0.2, 0.25) is 0 Å². The number of thiophene rings is 1. The molecule has 0 atom stereocenters. The minimum atomic E-state index is -0.375. The second kappa shape index (κ2) is 6.52. The number of hydrogen-bond acceptors (Lipinski definition) is 4. The van der Waals surface area contributed by atoms with Gasteiger partial charge in [0.05, 0.1) is 16.1 Å². The lowest BCUT2D eigenvalue weighted by atomic mass is 10.2. The molecule has 0 saturated heterocycles. The van der Waals surface area contributed by atoms with Crippen molar-refractivity contribution in [3.05, 3.63) is 59.6 Å². The predicted molar refractivity (Wildman–Crippen MR) is 95.2 cm³/mol. The Bertz CT molecular complexity index is 899. The van der Waals surface area contributed by atoms with Gasteiger partial charge in [-0.15, -0.1) is 11.3 Å². The zero-order valence-corrected chi connectivity index (χ0v) is 14.1. The van der Waals surface area contributed by atoms with E-state index in [0.29, 0.717) is 11.3 Å². The molecule has 1 aliphatic rings. The summed E-state index contributed by atoms with van der Waals surface area (Å²) in [7, 11) is 0. The van der Waals surface area contributed by atoms with Gasteiger partial charge in [0.1, 0.15) is 5.69 Å². The van der Waals surface area contributed by atoms with E-state index in [1.165, 1.54) is 11.3 Å². The highest BCUT2D eigenvalue weighted by Crippen LogP contribution is 2.29. The van der Waals surface area contributed by atoms with Crippen LogP contribution < -0.4 is 10.9 Å². The predicted octanol–water partition coefficient (Wildman–Crippen LogP) is 2.77. The minimum absolute atomic E-state index is 0.0316. The molecule has 126 valence electrons. The van der Waals surface area contributed by atoms with Gasteiger partial charge in [-0.25, -0.2) is 4.68 Å². The molecule has 0 unspecified atom stereocenters. The molecule has 0 spiro atoms. The molecule has 25 heavy (non-hydrogen) atoms. The summed E-state index contributed by atoms with van der Waals surface area (Å²) >= 11 is 1.51. The molecule has 1 fully saturated rings. The third-order valence-corrected chi connectivity index (χ3v) is 4.86. The van der Waals surface area contributed by atoms with Crippen molar-refractivity contribution in [1.29, 1.82) is 0 Å². The zero-order valence-electron chi connectivity index (χ0n) is 13.3. The lowest BCUT2D eigenvalue weighted by Crippen LogP contribution is -2.42. The van der Waals surface area contributed by atoms with Gasteiger partial charge in [-0.2, -0.15) is 5.10 Å². The molecule has 0 bridgehead atoms. The molecular weight excluding hydrogens is 336 g/mol. The molecule has 1 saturated carbocycles. The number of nitrogens with one attached hydrogen (secondary N) is 2. The van der Waals surface area contributed by atoms with E-state index < -0.39 is 0 Å². The molecule has 2 N–H and O–H groups in total. The van der Waals surface area contributed by atoms with Crippen LogP contribution in [0, 0.1) is 5.92 Å². The van der Waals surface area contributed by atoms with Crippen LogP contribution in [-0.4, -0.2) is 21.6 Å². The number of hydrazine groups is 1. The molecule has 1 aromatic carbocycles. The topological polar surface area (TPSA) is 76.0 Å². The highest BCUT2D eigenvalue weighted by molar-refractivity contribution is 7.13. The van der Waals surface area contributed by atoms with Crippen molar-refractivity contribution in [1.82, 2.24) is 20.6 Å². The molecule has 2 amide bonds. The van der Waals surface area contributed by atoms with Crippen LogP contribution in [0.1, 0.15) is 23.2 Å². The van der Waals surface area contributed by atoms with E-state index in [2.05, 4.69) is 16.0 Å². The van der Waals surface area contributed by atoms with E-state index in [1.807, 2.05) is 47.8 Å². The number of aromatic nitrogens is 2. The van der Waals surface area contributed by atoms with Crippen molar-refractivity contribution in [2.45, 2.75) is 12.8 Å². The number of nitrogens with zero attached hydrogens (tertiary/aromatic N) is 2. The van der Waals surface area contributed by atoms with Crippen molar-refractivity contribution >= 4 is 23.2 Å². The van der Waals surface area contributed by atoms with E-state index in [0.717, 1.165) is 23.4 Å². The van der Waals surface area contributed by atoms with Gasteiger partial charge in [-0.1, -0.05) is 24.3 Å². The summed E-state index contributed by atoms with van der Waals surface area (Å²) in [6.45, 7) is 0. The lowest BCUT2D eigenvalue weighted by Gasteiger charge is -2.06. The van der Waals surface area contributed by atoms with Gasteiger partial charge >= 0.3 is 0 Å². The fourth-order valence-electron chi connectivity index (χ4n) is 2.48. The summed E-state index contributed by atoms with van der Waals surface area (Å²) < 4.78 is 1.67. The van der Waals surface area contributed by atoms with Crippen LogP contribution in [-0.2, 0) is 4.79 Å². The normalized spacial score (nSPS) is 13.4. The molecule has 7 heteroatoms. The van der Waals surface area contributed by atoms with Gasteiger partial charge in [0.25, 0.3) is 5.91 Å². The average Bonchev–Trinajstić information content (AvgIpc) is 3.18. The van der Waals surface area contributed by atoms with Gasteiger partial charge < -0.3 is 0 Å². The first kappa shape index (κ1) is 15.6. The molecule has 4 rings (SSSR count). The Hall–Kier alpha value is -2.93. The van der Waals surface area contributed by atoms with Crippen molar-refractivity contribution in [2.24, 2.45) is 5.92 Å². The third-order valence-electron chi connectivity index (χ3n) is 3.98. The highest BCUT2D eigenvalue weighted by atomic mass is 32.1. The summed E-state index contributed by atoms with van der Waals surface area (Å²) in [4.78, 5) is 25.2. The monoisotopic (exact) mass is 352 g/mol. The number of benzene rings is 1. The molecule has 2 aromatic heterocycles. The molecule has 1 aliphatic carbocycles. The second-order valence-corrected chi connectivity index (χ2v) is 6.81. The highest BCUT2D eigenvalue weighted by Gasteiger charge is 2.30. The number of hydrogen-bond donors (Lipinski definition) is 2. The van der Waals surface area contributed by atoms with E-state index in [9.17, 15) is 9.59 Å². The van der Waals surface area contributed by atoms with Crippen LogP contribution in [0.3, 0.4) is 0 Å². The number of rotatable bonds is 4. The van der Waals surface area contributed by atoms with Crippen LogP contribution in [0.4, 0.5) is 0 Å². The summed E-state index contributed by atoms with van der Waals surface area (Å²) in [5, 5.41) is 6.51. The van der Waals surface area contributed by atoms with Crippen LogP contribution in [0.5, 0.6) is 0 Å². The molecule has 0 aliphatic heterocycles. The second-order valence-electron chi connectivity index (χ2n) is 5.87. The minimum Gasteiger partial charge on any atom is -0.273 e. The fraction of sp³-hybridized carbons (Fsp3) is 0.167. The van der Waals surface area contributed by atoms with Crippen LogP contribution >= 0.6 is 11.3 Å². The Morgan fingerprint density at radius 1 is 1.08 bits per heavy atom. The van der Waals surface area contributed by atoms with Crippen molar-refractivity contribution in [3.8, 4) is 16.3 Å². The number of carbonyl (C=O) groups excluding carboxylic acids is 2.